The predicted molar refractivity (Wildman–Crippen MR) is 93.5 cm³/mol. The number of ether oxygens (including phenoxy) is 2. The molecular formula is C18H23ClN2O3. The van der Waals surface area contributed by atoms with E-state index in [0.29, 0.717) is 0 Å². The highest BCUT2D eigenvalue weighted by atomic mass is 35.5. The second kappa shape index (κ2) is 7.71. The molecule has 0 unspecified atom stereocenters. The van der Waals surface area contributed by atoms with Crippen LogP contribution in [0.4, 0.5) is 4.79 Å². The summed E-state index contributed by atoms with van der Waals surface area (Å²) in [5.41, 5.74) is 4.79. The van der Waals surface area contributed by atoms with Crippen LogP contribution in [-0.4, -0.2) is 21.8 Å². The number of halogens is 1. The third-order valence-electron chi connectivity index (χ3n) is 4.33. The molecular weight excluding hydrogens is 328 g/mol. The van der Waals surface area contributed by atoms with Gasteiger partial charge in [0.2, 0.25) is 0 Å². The molecule has 1 heterocycles. The van der Waals surface area contributed by atoms with Gasteiger partial charge in [0.1, 0.15) is 6.10 Å². The highest BCUT2D eigenvalue weighted by Crippen LogP contribution is 2.27. The molecule has 130 valence electrons. The minimum Gasteiger partial charge on any atom is -0.431 e. The van der Waals surface area contributed by atoms with Crippen molar-refractivity contribution in [2.24, 2.45) is 0 Å². The van der Waals surface area contributed by atoms with E-state index in [9.17, 15) is 4.79 Å². The lowest BCUT2D eigenvalue weighted by Crippen LogP contribution is -2.11. The molecule has 1 fully saturated rings. The first-order chi connectivity index (χ1) is 11.0. The first-order valence-electron chi connectivity index (χ1n) is 7.96. The Morgan fingerprint density at radius 3 is 2.83 bits per heavy atom. The van der Waals surface area contributed by atoms with Gasteiger partial charge in [0.05, 0.1) is 12.0 Å². The van der Waals surface area contributed by atoms with E-state index in [2.05, 4.69) is 44.0 Å². The molecule has 0 bridgehead atoms. The van der Waals surface area contributed by atoms with Crippen LogP contribution in [-0.2, 0) is 16.2 Å². The Labute approximate surface area is 148 Å². The summed E-state index contributed by atoms with van der Waals surface area (Å²) in [4.78, 5) is 15.9. The maximum absolute atomic E-state index is 11.4. The van der Waals surface area contributed by atoms with Crippen LogP contribution in [0.25, 0.3) is 0 Å². The average Bonchev–Trinajstić information content (AvgIpc) is 3.21. The molecule has 1 aromatic carbocycles. The van der Waals surface area contributed by atoms with E-state index in [1.165, 1.54) is 16.7 Å². The van der Waals surface area contributed by atoms with Gasteiger partial charge < -0.3 is 14.0 Å². The Balaban J connectivity index is 0.00000208. The van der Waals surface area contributed by atoms with Crippen molar-refractivity contribution in [2.75, 3.05) is 0 Å². The standard InChI is InChI=1S/C18H22N2O3.ClH/c1-12-5-4-6-16(13(12)2)14(3)17-9-20(10-19-17)11-22-18(21)23-15-7-8-15;/h4-6,9-10,14-15H,7-8,11H2,1-3H3;1H/t14-;/m0./s1. The second-order valence-electron chi connectivity index (χ2n) is 6.16. The molecule has 24 heavy (non-hydrogen) atoms. The number of carbonyl (C=O) groups excluding carboxylic acids is 1. The van der Waals surface area contributed by atoms with E-state index in [1.807, 2.05) is 6.20 Å². The Bertz CT molecular complexity index is 710. The first kappa shape index (κ1) is 18.3. The van der Waals surface area contributed by atoms with Gasteiger partial charge in [0, 0.05) is 12.1 Å². The number of hydrogen-bond acceptors (Lipinski definition) is 4. The molecule has 1 aliphatic rings. The largest absolute Gasteiger partial charge is 0.510 e. The maximum Gasteiger partial charge on any atom is 0.510 e. The first-order valence-corrected chi connectivity index (χ1v) is 7.96. The van der Waals surface area contributed by atoms with Gasteiger partial charge in [0.25, 0.3) is 0 Å². The third-order valence-corrected chi connectivity index (χ3v) is 4.33. The van der Waals surface area contributed by atoms with E-state index < -0.39 is 6.16 Å². The van der Waals surface area contributed by atoms with E-state index in [0.717, 1.165) is 18.5 Å². The minimum absolute atomic E-state index is 0. The summed E-state index contributed by atoms with van der Waals surface area (Å²) in [6, 6.07) is 6.32. The highest BCUT2D eigenvalue weighted by Gasteiger charge is 2.26. The van der Waals surface area contributed by atoms with Gasteiger partial charge in [-0.25, -0.2) is 9.78 Å². The zero-order valence-electron chi connectivity index (χ0n) is 14.2. The minimum atomic E-state index is -0.606. The Kier molecular flexibility index (Phi) is 5.89. The fourth-order valence-corrected chi connectivity index (χ4v) is 2.56. The molecule has 3 rings (SSSR count). The summed E-state index contributed by atoms with van der Waals surface area (Å²) in [6.07, 6.45) is 4.93. The lowest BCUT2D eigenvalue weighted by Gasteiger charge is -2.14. The van der Waals surface area contributed by atoms with E-state index in [1.54, 1.807) is 10.9 Å². The molecule has 1 aliphatic carbocycles. The Morgan fingerprint density at radius 1 is 1.38 bits per heavy atom. The van der Waals surface area contributed by atoms with E-state index in [-0.39, 0.29) is 31.2 Å². The van der Waals surface area contributed by atoms with Crippen LogP contribution in [0.1, 0.15) is 48.1 Å². The summed E-state index contributed by atoms with van der Waals surface area (Å²) >= 11 is 0. The van der Waals surface area contributed by atoms with Gasteiger partial charge in [-0.15, -0.1) is 12.4 Å². The third kappa shape index (κ3) is 4.29. The van der Waals surface area contributed by atoms with Gasteiger partial charge in [-0.1, -0.05) is 25.1 Å². The average molecular weight is 351 g/mol. The maximum atomic E-state index is 11.4. The van der Waals surface area contributed by atoms with E-state index >= 15 is 0 Å². The number of aryl methyl sites for hydroxylation is 1. The van der Waals surface area contributed by atoms with Crippen LogP contribution in [0.5, 0.6) is 0 Å². The zero-order chi connectivity index (χ0) is 16.4. The van der Waals surface area contributed by atoms with Crippen molar-refractivity contribution in [3.8, 4) is 0 Å². The number of carbonyl (C=O) groups is 1. The Morgan fingerprint density at radius 2 is 2.12 bits per heavy atom. The van der Waals surface area contributed by atoms with Gasteiger partial charge in [-0.2, -0.15) is 0 Å². The lowest BCUT2D eigenvalue weighted by atomic mass is 9.92. The summed E-state index contributed by atoms with van der Waals surface area (Å²) < 4.78 is 11.9. The molecule has 0 radical (unpaired) electrons. The van der Waals surface area contributed by atoms with Crippen LogP contribution >= 0.6 is 12.4 Å². The fraction of sp³-hybridized carbons (Fsp3) is 0.444. The predicted octanol–water partition coefficient (Wildman–Crippen LogP) is 4.35. The summed E-state index contributed by atoms with van der Waals surface area (Å²) in [7, 11) is 0. The summed E-state index contributed by atoms with van der Waals surface area (Å²) in [6.45, 7) is 6.51. The highest BCUT2D eigenvalue weighted by molar-refractivity contribution is 5.85. The lowest BCUT2D eigenvalue weighted by molar-refractivity contribution is 0.0289. The number of nitrogens with zero attached hydrogens (tertiary/aromatic N) is 2. The fourth-order valence-electron chi connectivity index (χ4n) is 2.56. The van der Waals surface area contributed by atoms with Gasteiger partial charge in [-0.05, 0) is 43.4 Å². The van der Waals surface area contributed by atoms with Crippen LogP contribution in [0.15, 0.2) is 30.7 Å². The number of imidazole rings is 1. The number of aromatic nitrogens is 2. The van der Waals surface area contributed by atoms with Gasteiger partial charge in [0.15, 0.2) is 6.73 Å². The van der Waals surface area contributed by atoms with Crippen molar-refractivity contribution in [1.82, 2.24) is 9.55 Å². The van der Waals surface area contributed by atoms with Crippen LogP contribution < -0.4 is 0 Å². The Hall–Kier alpha value is -2.01. The molecule has 0 spiro atoms. The van der Waals surface area contributed by atoms with Crippen LogP contribution in [0, 0.1) is 13.8 Å². The number of benzene rings is 1. The molecule has 1 saturated carbocycles. The molecule has 0 amide bonds. The van der Waals surface area contributed by atoms with Gasteiger partial charge in [-0.3, -0.25) is 0 Å². The molecule has 5 nitrogen and oxygen atoms in total. The molecule has 0 N–H and O–H groups in total. The molecule has 6 heteroatoms. The van der Waals surface area contributed by atoms with Crippen molar-refractivity contribution < 1.29 is 14.3 Å². The number of rotatable bonds is 5. The van der Waals surface area contributed by atoms with Crippen molar-refractivity contribution in [1.29, 1.82) is 0 Å². The van der Waals surface area contributed by atoms with E-state index in [4.69, 9.17) is 9.47 Å². The number of hydrogen-bond donors (Lipinski definition) is 0. The molecule has 1 atom stereocenters. The van der Waals surface area contributed by atoms with Crippen molar-refractivity contribution in [3.63, 3.8) is 0 Å². The summed E-state index contributed by atoms with van der Waals surface area (Å²) in [5.74, 6) is 0.189. The monoisotopic (exact) mass is 350 g/mol. The molecule has 0 aliphatic heterocycles. The quantitative estimate of drug-likeness (QED) is 0.752. The smallest absolute Gasteiger partial charge is 0.431 e. The molecule has 2 aromatic rings. The summed E-state index contributed by atoms with van der Waals surface area (Å²) in [5, 5.41) is 0. The van der Waals surface area contributed by atoms with Crippen molar-refractivity contribution >= 4 is 18.6 Å². The second-order valence-corrected chi connectivity index (χ2v) is 6.16. The van der Waals surface area contributed by atoms with Crippen molar-refractivity contribution in [2.45, 2.75) is 52.4 Å². The zero-order valence-corrected chi connectivity index (χ0v) is 15.0. The van der Waals surface area contributed by atoms with Gasteiger partial charge >= 0.3 is 6.16 Å². The SMILES string of the molecule is Cc1cccc([C@H](C)c2cn(COC(=O)OC3CC3)cn2)c1C.Cl. The molecule has 0 saturated heterocycles. The topological polar surface area (TPSA) is 53.4 Å². The van der Waals surface area contributed by atoms with Crippen LogP contribution in [0.2, 0.25) is 0 Å². The van der Waals surface area contributed by atoms with Crippen LogP contribution in [0.3, 0.4) is 0 Å². The molecule has 1 aromatic heterocycles. The van der Waals surface area contributed by atoms with Crippen molar-refractivity contribution in [3.05, 3.63) is 53.1 Å². The normalized spacial score (nSPS) is 14.6.